The molecule has 0 atom stereocenters. The second-order valence-electron chi connectivity index (χ2n) is 9.37. The van der Waals surface area contributed by atoms with Crippen LogP contribution < -0.4 is 9.64 Å². The van der Waals surface area contributed by atoms with Gasteiger partial charge < -0.3 is 9.47 Å². The number of rotatable bonds is 9. The third-order valence-corrected chi connectivity index (χ3v) is 8.75. The van der Waals surface area contributed by atoms with Gasteiger partial charge in [0.05, 0.1) is 51.7 Å². The number of carbonyl (C=O) groups excluding carboxylic acids is 1. The predicted molar refractivity (Wildman–Crippen MR) is 159 cm³/mol. The lowest BCUT2D eigenvalue weighted by Gasteiger charge is -2.28. The highest BCUT2D eigenvalue weighted by Crippen LogP contribution is 2.34. The highest BCUT2D eigenvalue weighted by atomic mass is 32.1. The molecule has 0 radical (unpaired) electrons. The number of hydrogen-bond donors (Lipinski definition) is 0. The topological polar surface area (TPSA) is 67.8 Å². The zero-order valence-corrected chi connectivity index (χ0v) is 23.5. The summed E-state index contributed by atoms with van der Waals surface area (Å²) in [6.07, 6.45) is 0.840. The summed E-state index contributed by atoms with van der Waals surface area (Å²) in [5, 5.41) is 3.58. The van der Waals surface area contributed by atoms with Gasteiger partial charge in [-0.2, -0.15) is 0 Å². The van der Waals surface area contributed by atoms with E-state index < -0.39 is 0 Å². The molecule has 3 aromatic heterocycles. The molecule has 1 fully saturated rings. The van der Waals surface area contributed by atoms with E-state index in [1.165, 1.54) is 11.3 Å². The van der Waals surface area contributed by atoms with Gasteiger partial charge in [-0.3, -0.25) is 14.6 Å². The van der Waals surface area contributed by atoms with Gasteiger partial charge in [-0.05, 0) is 55.1 Å². The molecule has 0 bridgehead atoms. The Kier molecular flexibility index (Phi) is 7.83. The first kappa shape index (κ1) is 25.9. The van der Waals surface area contributed by atoms with E-state index in [4.69, 9.17) is 19.4 Å². The van der Waals surface area contributed by atoms with Crippen LogP contribution in [0, 0.1) is 0 Å². The van der Waals surface area contributed by atoms with Crippen molar-refractivity contribution >= 4 is 54.8 Å². The maximum atomic E-state index is 14.4. The van der Waals surface area contributed by atoms with Crippen LogP contribution in [-0.4, -0.2) is 66.8 Å². The number of morpholine rings is 1. The number of anilines is 1. The fourth-order valence-electron chi connectivity index (χ4n) is 4.87. The molecule has 1 aliphatic rings. The molecule has 0 N–H and O–H groups in total. The summed E-state index contributed by atoms with van der Waals surface area (Å²) >= 11 is 3.15. The van der Waals surface area contributed by atoms with Crippen LogP contribution in [0.2, 0.25) is 0 Å². The third-order valence-electron chi connectivity index (χ3n) is 6.82. The lowest BCUT2D eigenvalue weighted by atomic mass is 10.1. The summed E-state index contributed by atoms with van der Waals surface area (Å²) in [5.41, 5.74) is 3.13. The Bertz CT molecular complexity index is 1580. The molecule has 200 valence electrons. The normalized spacial score (nSPS) is 14.2. The molecule has 4 heterocycles. The van der Waals surface area contributed by atoms with Crippen molar-refractivity contribution < 1.29 is 14.3 Å². The number of pyridine rings is 1. The van der Waals surface area contributed by atoms with Crippen LogP contribution in [-0.2, 0) is 4.74 Å². The molecule has 2 aromatic carbocycles. The Labute approximate surface area is 235 Å². The molecular formula is C30H30N4O3S2. The minimum Gasteiger partial charge on any atom is -0.494 e. The molecule has 1 amide bonds. The third kappa shape index (κ3) is 5.67. The fraction of sp³-hybridized carbons (Fsp3) is 0.300. The first-order chi connectivity index (χ1) is 19.2. The van der Waals surface area contributed by atoms with Gasteiger partial charge in [0, 0.05) is 31.6 Å². The van der Waals surface area contributed by atoms with Gasteiger partial charge in [0.2, 0.25) is 0 Å². The molecule has 5 aromatic rings. The Balaban J connectivity index is 1.38. The maximum absolute atomic E-state index is 14.4. The molecule has 0 spiro atoms. The number of benzene rings is 2. The minimum absolute atomic E-state index is 0.0579. The van der Waals surface area contributed by atoms with E-state index in [9.17, 15) is 4.79 Å². The summed E-state index contributed by atoms with van der Waals surface area (Å²) in [4.78, 5) is 29.5. The number of carbonyl (C=O) groups is 1. The highest BCUT2D eigenvalue weighted by Gasteiger charge is 2.25. The quantitative estimate of drug-likeness (QED) is 0.210. The van der Waals surface area contributed by atoms with Crippen molar-refractivity contribution in [2.24, 2.45) is 0 Å². The van der Waals surface area contributed by atoms with Gasteiger partial charge in [0.1, 0.15) is 5.75 Å². The van der Waals surface area contributed by atoms with Crippen LogP contribution in [0.1, 0.15) is 23.7 Å². The molecule has 0 aliphatic carbocycles. The summed E-state index contributed by atoms with van der Waals surface area (Å²) in [7, 11) is 0. The number of amides is 1. The van der Waals surface area contributed by atoms with E-state index in [1.54, 1.807) is 11.3 Å². The van der Waals surface area contributed by atoms with Crippen LogP contribution in [0.4, 0.5) is 5.13 Å². The van der Waals surface area contributed by atoms with Gasteiger partial charge in [-0.15, -0.1) is 11.3 Å². The van der Waals surface area contributed by atoms with Crippen LogP contribution in [0.25, 0.3) is 31.7 Å². The average molecular weight is 559 g/mol. The first-order valence-electron chi connectivity index (χ1n) is 13.3. The van der Waals surface area contributed by atoms with E-state index in [2.05, 4.69) is 4.90 Å². The van der Waals surface area contributed by atoms with Crippen LogP contribution in [0.3, 0.4) is 0 Å². The molecular weight excluding hydrogens is 528 g/mol. The van der Waals surface area contributed by atoms with Gasteiger partial charge in [0.15, 0.2) is 5.13 Å². The number of thiophene rings is 1. The number of fused-ring (bicyclic) bond motifs is 2. The standard InChI is InChI=1S/C30H30N4O3S2/c1-2-37-21-10-11-25-28(19-21)39-30(32-25)34(13-6-12-33-14-16-36-17-15-33)29(35)23-20-26(27-9-5-18-38-27)31-24-8-4-3-7-22(23)24/h3-5,7-11,18-20H,2,6,12-17H2,1H3. The molecule has 1 aliphatic heterocycles. The van der Waals surface area contributed by atoms with E-state index in [0.29, 0.717) is 23.8 Å². The Morgan fingerprint density at radius 3 is 2.74 bits per heavy atom. The maximum Gasteiger partial charge on any atom is 0.260 e. The van der Waals surface area contributed by atoms with Gasteiger partial charge in [-0.25, -0.2) is 9.97 Å². The SMILES string of the molecule is CCOc1ccc2nc(N(CCCN3CCOCC3)C(=O)c3cc(-c4cccs4)nc4ccccc34)sc2c1. The summed E-state index contributed by atoms with van der Waals surface area (Å²) in [5.74, 6) is 0.753. The minimum atomic E-state index is -0.0579. The molecule has 0 saturated carbocycles. The predicted octanol–water partition coefficient (Wildman–Crippen LogP) is 6.34. The zero-order valence-electron chi connectivity index (χ0n) is 21.8. The lowest BCUT2D eigenvalue weighted by molar-refractivity contribution is 0.0376. The number of para-hydroxylation sites is 1. The van der Waals surface area contributed by atoms with Crippen molar-refractivity contribution in [2.75, 3.05) is 50.9 Å². The van der Waals surface area contributed by atoms with Crippen LogP contribution in [0.15, 0.2) is 66.0 Å². The molecule has 9 heteroatoms. The fourth-order valence-corrected chi connectivity index (χ4v) is 6.58. The average Bonchev–Trinajstić information content (AvgIpc) is 3.66. The number of ether oxygens (including phenoxy) is 2. The molecule has 1 saturated heterocycles. The van der Waals surface area contributed by atoms with Crippen molar-refractivity contribution in [3.8, 4) is 16.3 Å². The summed E-state index contributed by atoms with van der Waals surface area (Å²) < 4.78 is 12.2. The lowest BCUT2D eigenvalue weighted by Crippen LogP contribution is -2.39. The smallest absolute Gasteiger partial charge is 0.260 e. The van der Waals surface area contributed by atoms with E-state index in [1.807, 2.05) is 77.9 Å². The van der Waals surface area contributed by atoms with E-state index in [-0.39, 0.29) is 5.91 Å². The highest BCUT2D eigenvalue weighted by molar-refractivity contribution is 7.22. The van der Waals surface area contributed by atoms with Gasteiger partial charge >= 0.3 is 0 Å². The Hall–Kier alpha value is -3.37. The molecule has 6 rings (SSSR count). The van der Waals surface area contributed by atoms with Gasteiger partial charge in [0.25, 0.3) is 5.91 Å². The number of aromatic nitrogens is 2. The van der Waals surface area contributed by atoms with Crippen LogP contribution in [0.5, 0.6) is 5.75 Å². The largest absolute Gasteiger partial charge is 0.494 e. The number of thiazole rings is 1. The Morgan fingerprint density at radius 1 is 1.05 bits per heavy atom. The molecule has 7 nitrogen and oxygen atoms in total. The van der Waals surface area contributed by atoms with Crippen molar-refractivity contribution in [3.05, 3.63) is 71.6 Å². The van der Waals surface area contributed by atoms with Crippen molar-refractivity contribution in [2.45, 2.75) is 13.3 Å². The number of hydrogen-bond acceptors (Lipinski definition) is 8. The Morgan fingerprint density at radius 2 is 1.92 bits per heavy atom. The number of nitrogens with zero attached hydrogens (tertiary/aromatic N) is 4. The second kappa shape index (κ2) is 11.8. The zero-order chi connectivity index (χ0) is 26.6. The van der Waals surface area contributed by atoms with E-state index in [0.717, 1.165) is 76.7 Å². The molecule has 0 unspecified atom stereocenters. The first-order valence-corrected chi connectivity index (χ1v) is 15.0. The monoisotopic (exact) mass is 558 g/mol. The molecule has 39 heavy (non-hydrogen) atoms. The summed E-state index contributed by atoms with van der Waals surface area (Å²) in [6, 6.07) is 19.8. The van der Waals surface area contributed by atoms with Crippen LogP contribution >= 0.6 is 22.7 Å². The van der Waals surface area contributed by atoms with Gasteiger partial charge in [-0.1, -0.05) is 35.6 Å². The van der Waals surface area contributed by atoms with Crippen molar-refractivity contribution in [3.63, 3.8) is 0 Å². The van der Waals surface area contributed by atoms with Crippen molar-refractivity contribution in [1.82, 2.24) is 14.9 Å². The summed E-state index contributed by atoms with van der Waals surface area (Å²) in [6.45, 7) is 7.42. The second-order valence-corrected chi connectivity index (χ2v) is 11.3. The van der Waals surface area contributed by atoms with E-state index >= 15 is 0 Å². The van der Waals surface area contributed by atoms with Crippen molar-refractivity contribution in [1.29, 1.82) is 0 Å².